The van der Waals surface area contributed by atoms with Crippen LogP contribution in [0.25, 0.3) is 0 Å². The summed E-state index contributed by atoms with van der Waals surface area (Å²) in [5.41, 5.74) is 1.18. The smallest absolute Gasteiger partial charge is 0.319 e. The Hall–Kier alpha value is -1.20. The van der Waals surface area contributed by atoms with Crippen LogP contribution in [-0.4, -0.2) is 35.3 Å². The first-order valence-corrected chi connectivity index (χ1v) is 8.90. The van der Waals surface area contributed by atoms with Gasteiger partial charge < -0.3 is 15.7 Å². The molecule has 22 heavy (non-hydrogen) atoms. The number of thioether (sulfide) groups is 1. The fourth-order valence-corrected chi connectivity index (χ4v) is 2.55. The Labute approximate surface area is 138 Å². The third-order valence-electron chi connectivity index (χ3n) is 3.48. The number of benzene rings is 1. The van der Waals surface area contributed by atoms with Gasteiger partial charge in [-0.15, -0.1) is 0 Å². The fraction of sp³-hybridized carbons (Fsp3) is 0.588. The lowest BCUT2D eigenvalue weighted by molar-refractivity contribution is 0.0599. The van der Waals surface area contributed by atoms with Crippen molar-refractivity contribution in [3.8, 4) is 0 Å². The molecule has 0 saturated carbocycles. The summed E-state index contributed by atoms with van der Waals surface area (Å²) in [5.74, 6) is 0.866. The van der Waals surface area contributed by atoms with Gasteiger partial charge in [-0.1, -0.05) is 32.9 Å². The standard InChI is InChI=1S/C17H28N2O2S/c1-16(2,3)13-6-8-14(9-7-13)19-15(20)18-12-17(4,21)10-11-22-5/h6-9,21H,10-12H2,1-5H3,(H2,18,19,20)/t17-/m1/s1. The molecular formula is C17H28N2O2S. The molecule has 4 nitrogen and oxygen atoms in total. The van der Waals surface area contributed by atoms with E-state index in [-0.39, 0.29) is 18.0 Å². The van der Waals surface area contributed by atoms with Gasteiger partial charge in [-0.05, 0) is 48.5 Å². The number of aliphatic hydroxyl groups is 1. The summed E-state index contributed by atoms with van der Waals surface area (Å²) in [4.78, 5) is 11.9. The summed E-state index contributed by atoms with van der Waals surface area (Å²) in [6, 6.07) is 7.53. The molecule has 0 bridgehead atoms. The molecular weight excluding hydrogens is 296 g/mol. The number of anilines is 1. The maximum atomic E-state index is 11.9. The Morgan fingerprint density at radius 1 is 1.18 bits per heavy atom. The van der Waals surface area contributed by atoms with Crippen LogP contribution in [0.4, 0.5) is 10.5 Å². The molecule has 0 aliphatic heterocycles. The maximum Gasteiger partial charge on any atom is 0.319 e. The summed E-state index contributed by atoms with van der Waals surface area (Å²) < 4.78 is 0. The van der Waals surface area contributed by atoms with E-state index in [1.807, 2.05) is 30.5 Å². The van der Waals surface area contributed by atoms with Gasteiger partial charge in [0.15, 0.2) is 0 Å². The summed E-state index contributed by atoms with van der Waals surface area (Å²) in [7, 11) is 0. The van der Waals surface area contributed by atoms with E-state index in [0.717, 1.165) is 11.4 Å². The third kappa shape index (κ3) is 6.71. The number of carbonyl (C=O) groups excluding carboxylic acids is 1. The van der Waals surface area contributed by atoms with Crippen LogP contribution in [0.5, 0.6) is 0 Å². The molecule has 0 aliphatic carbocycles. The monoisotopic (exact) mass is 324 g/mol. The molecule has 3 N–H and O–H groups in total. The van der Waals surface area contributed by atoms with Crippen molar-refractivity contribution in [1.82, 2.24) is 5.32 Å². The van der Waals surface area contributed by atoms with Crippen molar-refractivity contribution in [1.29, 1.82) is 0 Å². The van der Waals surface area contributed by atoms with E-state index >= 15 is 0 Å². The van der Waals surface area contributed by atoms with E-state index in [2.05, 4.69) is 31.4 Å². The van der Waals surface area contributed by atoms with Crippen LogP contribution < -0.4 is 10.6 Å². The topological polar surface area (TPSA) is 61.4 Å². The molecule has 1 aromatic rings. The molecule has 0 heterocycles. The Bertz CT molecular complexity index is 478. The van der Waals surface area contributed by atoms with E-state index in [1.165, 1.54) is 5.56 Å². The van der Waals surface area contributed by atoms with Crippen molar-refractivity contribution in [2.24, 2.45) is 0 Å². The van der Waals surface area contributed by atoms with E-state index in [0.29, 0.717) is 6.42 Å². The van der Waals surface area contributed by atoms with Crippen LogP contribution in [0.15, 0.2) is 24.3 Å². The number of hydrogen-bond donors (Lipinski definition) is 3. The summed E-state index contributed by atoms with van der Waals surface area (Å²) >= 11 is 1.68. The largest absolute Gasteiger partial charge is 0.388 e. The molecule has 1 atom stereocenters. The van der Waals surface area contributed by atoms with E-state index in [1.54, 1.807) is 18.7 Å². The zero-order valence-corrected chi connectivity index (χ0v) is 15.0. The molecule has 0 fully saturated rings. The minimum atomic E-state index is -0.879. The van der Waals surface area contributed by atoms with Crippen molar-refractivity contribution < 1.29 is 9.90 Å². The van der Waals surface area contributed by atoms with Crippen LogP contribution in [0.1, 0.15) is 39.7 Å². The van der Waals surface area contributed by atoms with Gasteiger partial charge in [0.25, 0.3) is 0 Å². The number of rotatable bonds is 6. The highest BCUT2D eigenvalue weighted by Gasteiger charge is 2.20. The Morgan fingerprint density at radius 3 is 2.27 bits per heavy atom. The van der Waals surface area contributed by atoms with Gasteiger partial charge >= 0.3 is 6.03 Å². The van der Waals surface area contributed by atoms with Crippen LogP contribution in [0.2, 0.25) is 0 Å². The summed E-state index contributed by atoms with van der Waals surface area (Å²) in [6.45, 7) is 8.43. The highest BCUT2D eigenvalue weighted by Crippen LogP contribution is 2.23. The molecule has 0 unspecified atom stereocenters. The second-order valence-corrected chi connectivity index (χ2v) is 7.86. The van der Waals surface area contributed by atoms with Crippen molar-refractivity contribution in [2.75, 3.05) is 23.9 Å². The van der Waals surface area contributed by atoms with Crippen molar-refractivity contribution in [3.63, 3.8) is 0 Å². The summed E-state index contributed by atoms with van der Waals surface area (Å²) in [6.07, 6.45) is 2.65. The minimum absolute atomic E-state index is 0.0940. The predicted molar refractivity (Wildman–Crippen MR) is 95.8 cm³/mol. The lowest BCUT2D eigenvalue weighted by Gasteiger charge is -2.23. The number of nitrogens with one attached hydrogen (secondary N) is 2. The first-order chi connectivity index (χ1) is 10.1. The Kier molecular flexibility index (Phi) is 6.75. The second kappa shape index (κ2) is 7.88. The average Bonchev–Trinajstić information content (AvgIpc) is 2.43. The first-order valence-electron chi connectivity index (χ1n) is 7.51. The molecule has 0 aromatic heterocycles. The molecule has 0 spiro atoms. The quantitative estimate of drug-likeness (QED) is 0.749. The van der Waals surface area contributed by atoms with Gasteiger partial charge in [0.1, 0.15) is 0 Å². The van der Waals surface area contributed by atoms with E-state index in [4.69, 9.17) is 0 Å². The molecule has 1 rings (SSSR count). The van der Waals surface area contributed by atoms with Crippen LogP contribution in [0, 0.1) is 0 Å². The normalized spacial score (nSPS) is 14.3. The van der Waals surface area contributed by atoms with Gasteiger partial charge in [0.05, 0.1) is 5.60 Å². The van der Waals surface area contributed by atoms with E-state index in [9.17, 15) is 9.90 Å². The zero-order valence-electron chi connectivity index (χ0n) is 14.2. The zero-order chi connectivity index (χ0) is 16.8. The van der Waals surface area contributed by atoms with Gasteiger partial charge in [-0.3, -0.25) is 0 Å². The van der Waals surface area contributed by atoms with E-state index < -0.39 is 5.60 Å². The number of amides is 2. The van der Waals surface area contributed by atoms with Gasteiger partial charge in [0, 0.05) is 12.2 Å². The fourth-order valence-electron chi connectivity index (χ4n) is 1.91. The van der Waals surface area contributed by atoms with Crippen molar-refractivity contribution in [3.05, 3.63) is 29.8 Å². The molecule has 0 aliphatic rings. The van der Waals surface area contributed by atoms with Crippen LogP contribution in [-0.2, 0) is 5.41 Å². The SMILES string of the molecule is CSCC[C@@](C)(O)CNC(=O)Nc1ccc(C(C)(C)C)cc1. The first kappa shape index (κ1) is 18.8. The molecule has 2 amide bonds. The lowest BCUT2D eigenvalue weighted by atomic mass is 9.87. The lowest BCUT2D eigenvalue weighted by Crippen LogP contribution is -2.42. The second-order valence-electron chi connectivity index (χ2n) is 6.87. The Morgan fingerprint density at radius 2 is 1.77 bits per heavy atom. The van der Waals surface area contributed by atoms with Crippen LogP contribution in [0.3, 0.4) is 0 Å². The molecule has 5 heteroatoms. The number of hydrogen-bond acceptors (Lipinski definition) is 3. The number of urea groups is 1. The molecule has 1 aromatic carbocycles. The van der Waals surface area contributed by atoms with Crippen LogP contribution >= 0.6 is 11.8 Å². The minimum Gasteiger partial charge on any atom is -0.388 e. The van der Waals surface area contributed by atoms with Crippen molar-refractivity contribution in [2.45, 2.75) is 45.1 Å². The predicted octanol–water partition coefficient (Wildman–Crippen LogP) is 3.61. The van der Waals surface area contributed by atoms with Gasteiger partial charge in [-0.2, -0.15) is 11.8 Å². The number of carbonyl (C=O) groups is 1. The third-order valence-corrected chi connectivity index (χ3v) is 4.10. The van der Waals surface area contributed by atoms with Gasteiger partial charge in [0.2, 0.25) is 0 Å². The summed E-state index contributed by atoms with van der Waals surface area (Å²) in [5, 5.41) is 15.6. The highest BCUT2D eigenvalue weighted by molar-refractivity contribution is 7.98. The maximum absolute atomic E-state index is 11.9. The average molecular weight is 324 g/mol. The van der Waals surface area contributed by atoms with Crippen molar-refractivity contribution >= 4 is 23.5 Å². The molecule has 0 saturated heterocycles. The Balaban J connectivity index is 2.48. The molecule has 0 radical (unpaired) electrons. The molecule has 124 valence electrons. The van der Waals surface area contributed by atoms with Gasteiger partial charge in [-0.25, -0.2) is 4.79 Å². The highest BCUT2D eigenvalue weighted by atomic mass is 32.2.